The van der Waals surface area contributed by atoms with E-state index in [1.807, 2.05) is 0 Å². The smallest absolute Gasteiger partial charge is 0.309 e. The number of hydrogen-bond donors (Lipinski definition) is 3. The number of ether oxygens (including phenoxy) is 2. The Bertz CT molecular complexity index is 1300. The number of amides is 2. The van der Waals surface area contributed by atoms with Crippen LogP contribution in [0.15, 0.2) is 12.1 Å². The maximum Gasteiger partial charge on any atom is 0.309 e. The van der Waals surface area contributed by atoms with Gasteiger partial charge < -0.3 is 25.2 Å². The molecule has 5 aliphatic rings. The van der Waals surface area contributed by atoms with Crippen molar-refractivity contribution in [1.29, 1.82) is 5.26 Å². The van der Waals surface area contributed by atoms with Gasteiger partial charge in [0.25, 0.3) is 5.91 Å². The fraction of sp³-hybridized carbons (Fsp3) is 0.677. The van der Waals surface area contributed by atoms with E-state index in [0.717, 1.165) is 25.7 Å². The molecule has 1 aromatic carbocycles. The number of carboxylic acids is 1. The van der Waals surface area contributed by atoms with Crippen molar-refractivity contribution in [2.75, 3.05) is 7.11 Å². The van der Waals surface area contributed by atoms with Crippen molar-refractivity contribution in [3.8, 4) is 17.6 Å². The third-order valence-electron chi connectivity index (χ3n) is 10.9. The highest BCUT2D eigenvalue weighted by atomic mass is 19.1. The Kier molecular flexibility index (Phi) is 6.90. The molecule has 220 valence electrons. The standard InChI is InChI=1S/C31H38FN3O6/c1-30(29(38)39)8-5-19(6-9-30)41-23-13-20(24(40-2)12-18(23)15-33)27(36)35-26-17-4-3-16(11-17)25(26)28(37)34-22-14-31(32)10-7-21(22)31/h12-13,16-17,19,21-22,25-26H,3-11,14H2,1-2H3,(H,34,37)(H,35,36)(H,38,39)/t16-,17+,19?,21?,22?,25+,26-,30?,31?/m1/s1. The summed E-state index contributed by atoms with van der Waals surface area (Å²) in [5.41, 5.74) is -1.45. The average molecular weight is 568 g/mol. The molecule has 3 N–H and O–H groups in total. The van der Waals surface area contributed by atoms with Gasteiger partial charge in [-0.15, -0.1) is 0 Å². The number of alkyl halides is 1. The Morgan fingerprint density at radius 3 is 2.37 bits per heavy atom. The Labute approximate surface area is 239 Å². The zero-order chi connectivity index (χ0) is 29.1. The number of benzene rings is 1. The van der Waals surface area contributed by atoms with E-state index < -0.39 is 23.0 Å². The number of nitrogens with zero attached hydrogens (tertiary/aromatic N) is 1. The predicted molar refractivity (Wildman–Crippen MR) is 145 cm³/mol. The normalized spacial score (nSPS) is 38.4. The molecule has 1 aromatic rings. The van der Waals surface area contributed by atoms with Crippen LogP contribution in [0.3, 0.4) is 0 Å². The lowest BCUT2D eigenvalue weighted by molar-refractivity contribution is -0.151. The first-order valence-electron chi connectivity index (χ1n) is 14.9. The maximum absolute atomic E-state index is 14.4. The van der Waals surface area contributed by atoms with Gasteiger partial charge in [0, 0.05) is 30.5 Å². The molecule has 41 heavy (non-hydrogen) atoms. The largest absolute Gasteiger partial charge is 0.496 e. The predicted octanol–water partition coefficient (Wildman–Crippen LogP) is 4.13. The van der Waals surface area contributed by atoms with Crippen molar-refractivity contribution < 1.29 is 33.4 Å². The number of carbonyl (C=O) groups is 3. The van der Waals surface area contributed by atoms with Crippen LogP contribution in [0.2, 0.25) is 0 Å². The number of hydrogen-bond acceptors (Lipinski definition) is 6. The number of carbonyl (C=O) groups excluding carboxylic acids is 2. The minimum absolute atomic E-state index is 0.0820. The maximum atomic E-state index is 14.4. The highest BCUT2D eigenvalue weighted by Gasteiger charge is 2.62. The molecule has 0 saturated heterocycles. The molecule has 10 heteroatoms. The monoisotopic (exact) mass is 567 g/mol. The fourth-order valence-corrected chi connectivity index (χ4v) is 8.15. The van der Waals surface area contributed by atoms with Gasteiger partial charge in [0.05, 0.1) is 35.7 Å². The van der Waals surface area contributed by atoms with E-state index in [4.69, 9.17) is 9.47 Å². The van der Waals surface area contributed by atoms with Crippen molar-refractivity contribution in [3.63, 3.8) is 0 Å². The molecule has 9 nitrogen and oxygen atoms in total. The highest BCUT2D eigenvalue weighted by Crippen LogP contribution is 2.57. The van der Waals surface area contributed by atoms with Gasteiger partial charge in [0.15, 0.2) is 0 Å². The quantitative estimate of drug-likeness (QED) is 0.429. The van der Waals surface area contributed by atoms with Crippen LogP contribution in [0.5, 0.6) is 11.5 Å². The second-order valence-corrected chi connectivity index (χ2v) is 13.2. The van der Waals surface area contributed by atoms with Crippen molar-refractivity contribution >= 4 is 17.8 Å². The third kappa shape index (κ3) is 4.71. The molecule has 7 atom stereocenters. The summed E-state index contributed by atoms with van der Waals surface area (Å²) in [5.74, 6) is -0.902. The number of fused-ring (bicyclic) bond motifs is 3. The molecule has 0 aromatic heterocycles. The molecule has 5 fully saturated rings. The Morgan fingerprint density at radius 1 is 1.05 bits per heavy atom. The summed E-state index contributed by atoms with van der Waals surface area (Å²) in [4.78, 5) is 38.7. The summed E-state index contributed by atoms with van der Waals surface area (Å²) >= 11 is 0. The van der Waals surface area contributed by atoms with Crippen LogP contribution in [0.1, 0.15) is 87.1 Å². The summed E-state index contributed by atoms with van der Waals surface area (Å²) in [6, 6.07) is 4.65. The molecule has 0 heterocycles. The van der Waals surface area contributed by atoms with E-state index in [0.29, 0.717) is 38.5 Å². The number of aliphatic carboxylic acids is 1. The molecule has 5 saturated carbocycles. The van der Waals surface area contributed by atoms with E-state index in [1.165, 1.54) is 19.2 Å². The first-order chi connectivity index (χ1) is 19.5. The zero-order valence-corrected chi connectivity index (χ0v) is 23.6. The van der Waals surface area contributed by atoms with E-state index in [2.05, 4.69) is 16.7 Å². The van der Waals surface area contributed by atoms with E-state index in [-0.39, 0.29) is 70.4 Å². The van der Waals surface area contributed by atoms with Gasteiger partial charge in [-0.3, -0.25) is 14.4 Å². The van der Waals surface area contributed by atoms with E-state index in [9.17, 15) is 29.1 Å². The van der Waals surface area contributed by atoms with Gasteiger partial charge >= 0.3 is 5.97 Å². The number of methoxy groups -OCH3 is 1. The molecule has 2 bridgehead atoms. The SMILES string of the molecule is COc1cc(C#N)c(OC2CCC(C)(C(=O)O)CC2)cc1C(=O)N[C@@H]1[C@H]2CC[C@H](C2)[C@@H]1C(=O)NC1CC2(F)CCC12. The van der Waals surface area contributed by atoms with E-state index >= 15 is 0 Å². The van der Waals surface area contributed by atoms with Crippen LogP contribution < -0.4 is 20.1 Å². The van der Waals surface area contributed by atoms with Gasteiger partial charge in [-0.1, -0.05) is 0 Å². The topological polar surface area (TPSA) is 138 Å². The van der Waals surface area contributed by atoms with Crippen molar-refractivity contribution in [3.05, 3.63) is 23.3 Å². The van der Waals surface area contributed by atoms with Gasteiger partial charge in [0.1, 0.15) is 23.2 Å². The summed E-state index contributed by atoms with van der Waals surface area (Å²) in [6.07, 6.45) is 6.21. The molecule has 5 aliphatic carbocycles. The third-order valence-corrected chi connectivity index (χ3v) is 10.9. The first kappa shape index (κ1) is 27.8. The summed E-state index contributed by atoms with van der Waals surface area (Å²) in [5, 5.41) is 25.5. The van der Waals surface area contributed by atoms with Crippen molar-refractivity contribution in [1.82, 2.24) is 10.6 Å². The van der Waals surface area contributed by atoms with E-state index in [1.54, 1.807) is 6.92 Å². The summed E-state index contributed by atoms with van der Waals surface area (Å²) in [6.45, 7) is 1.74. The second-order valence-electron chi connectivity index (χ2n) is 13.2. The minimum Gasteiger partial charge on any atom is -0.496 e. The lowest BCUT2D eigenvalue weighted by Crippen LogP contribution is -2.67. The molecule has 0 spiro atoms. The fourth-order valence-electron chi connectivity index (χ4n) is 8.15. The van der Waals surface area contributed by atoms with Crippen LogP contribution in [-0.2, 0) is 9.59 Å². The molecule has 2 amide bonds. The molecule has 0 aliphatic heterocycles. The Morgan fingerprint density at radius 2 is 1.78 bits per heavy atom. The lowest BCUT2D eigenvalue weighted by atomic mass is 9.54. The Balaban J connectivity index is 1.17. The molecule has 0 radical (unpaired) electrons. The Hall–Kier alpha value is -3.35. The van der Waals surface area contributed by atoms with Crippen LogP contribution in [0.4, 0.5) is 4.39 Å². The molecule has 3 unspecified atom stereocenters. The number of nitrogens with one attached hydrogen (secondary N) is 2. The molecule has 6 rings (SSSR count). The minimum atomic E-state index is -1.10. The first-order valence-corrected chi connectivity index (χ1v) is 14.9. The van der Waals surface area contributed by atoms with Crippen LogP contribution in [0.25, 0.3) is 0 Å². The van der Waals surface area contributed by atoms with Gasteiger partial charge in [-0.2, -0.15) is 5.26 Å². The number of carboxylic acid groups (broad SMARTS) is 1. The average Bonchev–Trinajstić information content (AvgIpc) is 3.55. The lowest BCUT2D eigenvalue weighted by Gasteiger charge is -2.58. The molecular formula is C31H38FN3O6. The zero-order valence-electron chi connectivity index (χ0n) is 23.6. The molecular weight excluding hydrogens is 529 g/mol. The highest BCUT2D eigenvalue weighted by molar-refractivity contribution is 5.98. The van der Waals surface area contributed by atoms with Gasteiger partial charge in [-0.05, 0) is 82.6 Å². The van der Waals surface area contributed by atoms with Gasteiger partial charge in [-0.25, -0.2) is 4.39 Å². The second kappa shape index (κ2) is 10.2. The van der Waals surface area contributed by atoms with Crippen LogP contribution in [-0.4, -0.2) is 53.9 Å². The summed E-state index contributed by atoms with van der Waals surface area (Å²) in [7, 11) is 1.43. The van der Waals surface area contributed by atoms with Crippen LogP contribution in [0, 0.1) is 40.4 Å². The summed E-state index contributed by atoms with van der Waals surface area (Å²) < 4.78 is 26.1. The van der Waals surface area contributed by atoms with Crippen LogP contribution >= 0.6 is 0 Å². The van der Waals surface area contributed by atoms with Gasteiger partial charge in [0.2, 0.25) is 5.91 Å². The number of halogens is 1. The van der Waals surface area contributed by atoms with Crippen molar-refractivity contribution in [2.45, 2.75) is 95.0 Å². The van der Waals surface area contributed by atoms with Crippen molar-refractivity contribution in [2.24, 2.45) is 29.1 Å². The number of rotatable bonds is 8. The number of nitriles is 1.